The largest absolute Gasteiger partial charge is 0.390 e. The van der Waals surface area contributed by atoms with Gasteiger partial charge in [-0.25, -0.2) is 0 Å². The fraction of sp³-hybridized carbons (Fsp3) is 1.00. The molecule has 46 heavy (non-hydrogen) atoms. The number of hydrogen-bond donors (Lipinski definition) is 3. The third-order valence-corrected chi connectivity index (χ3v) is 16.6. The van der Waals surface area contributed by atoms with Gasteiger partial charge >= 0.3 is 0 Å². The first-order valence-corrected chi connectivity index (χ1v) is 18.9. The quantitative estimate of drug-likeness (QED) is 0.394. The van der Waals surface area contributed by atoms with Crippen molar-refractivity contribution in [3.63, 3.8) is 0 Å². The van der Waals surface area contributed by atoms with E-state index in [1.807, 2.05) is 0 Å². The third kappa shape index (κ3) is 4.26. The number of aliphatic hydroxyl groups is 3. The van der Waals surface area contributed by atoms with E-state index in [-0.39, 0.29) is 46.1 Å². The van der Waals surface area contributed by atoms with E-state index < -0.39 is 23.9 Å². The molecule has 0 aromatic carbocycles. The highest BCUT2D eigenvalue weighted by molar-refractivity contribution is 5.33. The zero-order valence-electron chi connectivity index (χ0n) is 29.7. The van der Waals surface area contributed by atoms with Gasteiger partial charge < -0.3 is 34.3 Å². The molecule has 8 aliphatic rings. The van der Waals surface area contributed by atoms with Crippen LogP contribution in [0.15, 0.2) is 0 Å². The Kier molecular flexibility index (Phi) is 7.57. The number of morpholine rings is 1. The standard InChI is InChI=1S/C38H63NO7/c1-22-18-24(31(40)34(4,5)42)45-30-29(22)35(6)13-14-38-21-37(38)12-10-27(46-28-19-39(15-17-44-28)23-11-16-43-20-23)33(2,3)25(37)8-9-26(38)36(35,7)32(30)41/h22-32,40-42H,8-21H2,1-7H3/t22-,23?,24-,25+,26+,27+,28?,29?,30+,31+,32+,35-,36-,37-,38+/m1/s1. The highest BCUT2D eigenvalue weighted by Crippen LogP contribution is 2.89. The molecule has 0 bridgehead atoms. The minimum atomic E-state index is -1.24. The van der Waals surface area contributed by atoms with Gasteiger partial charge in [0.05, 0.1) is 43.2 Å². The molecule has 8 rings (SSSR count). The topological polar surface area (TPSA) is 101 Å². The summed E-state index contributed by atoms with van der Waals surface area (Å²) >= 11 is 0. The minimum absolute atomic E-state index is 0.0158. The molecule has 0 amide bonds. The zero-order chi connectivity index (χ0) is 32.7. The average molecular weight is 646 g/mol. The normalized spacial score (nSPS) is 55.4. The van der Waals surface area contributed by atoms with Gasteiger partial charge in [0.25, 0.3) is 0 Å². The van der Waals surface area contributed by atoms with Crippen LogP contribution >= 0.6 is 0 Å². The lowest BCUT2D eigenvalue weighted by Crippen LogP contribution is -2.60. The summed E-state index contributed by atoms with van der Waals surface area (Å²) in [4.78, 5) is 2.53. The fourth-order valence-corrected chi connectivity index (χ4v) is 14.3. The highest BCUT2D eigenvalue weighted by atomic mass is 16.7. The van der Waals surface area contributed by atoms with Crippen LogP contribution in [0.5, 0.6) is 0 Å². The second-order valence-electron chi connectivity index (χ2n) is 19.1. The molecule has 2 spiro atoms. The first-order valence-electron chi connectivity index (χ1n) is 18.9. The van der Waals surface area contributed by atoms with Crippen LogP contribution in [0.4, 0.5) is 0 Å². The average Bonchev–Trinajstić information content (AvgIpc) is 3.26. The van der Waals surface area contributed by atoms with Gasteiger partial charge in [-0.05, 0) is 117 Å². The summed E-state index contributed by atoms with van der Waals surface area (Å²) in [6.45, 7) is 19.7. The maximum absolute atomic E-state index is 12.4. The smallest absolute Gasteiger partial charge is 0.170 e. The van der Waals surface area contributed by atoms with E-state index in [1.165, 1.54) is 25.7 Å². The van der Waals surface area contributed by atoms with E-state index in [0.29, 0.717) is 29.2 Å². The fourth-order valence-electron chi connectivity index (χ4n) is 14.3. The van der Waals surface area contributed by atoms with Gasteiger partial charge in [-0.3, -0.25) is 4.90 Å². The number of aliphatic hydroxyl groups excluding tert-OH is 2. The van der Waals surface area contributed by atoms with E-state index in [0.717, 1.165) is 65.0 Å². The Hall–Kier alpha value is -0.320. The molecule has 5 aliphatic carbocycles. The maximum atomic E-state index is 12.4. The molecular formula is C38H63NO7. The molecule has 3 saturated heterocycles. The Labute approximate surface area is 277 Å². The number of rotatable bonds is 5. The van der Waals surface area contributed by atoms with Crippen molar-refractivity contribution in [3.8, 4) is 0 Å². The second-order valence-corrected chi connectivity index (χ2v) is 19.1. The molecule has 3 unspecified atom stereocenters. The van der Waals surface area contributed by atoms with Crippen LogP contribution < -0.4 is 0 Å². The summed E-state index contributed by atoms with van der Waals surface area (Å²) in [7, 11) is 0. The van der Waals surface area contributed by atoms with E-state index in [1.54, 1.807) is 13.8 Å². The molecule has 262 valence electrons. The summed E-state index contributed by atoms with van der Waals surface area (Å²) in [5, 5.41) is 34.1. The number of ether oxygens (including phenoxy) is 4. The molecule has 3 aliphatic heterocycles. The molecule has 0 aromatic heterocycles. The molecular weight excluding hydrogens is 582 g/mol. The predicted molar refractivity (Wildman–Crippen MR) is 174 cm³/mol. The first-order chi connectivity index (χ1) is 21.6. The van der Waals surface area contributed by atoms with Gasteiger partial charge in [0.2, 0.25) is 0 Å². The van der Waals surface area contributed by atoms with Crippen molar-refractivity contribution >= 4 is 0 Å². The van der Waals surface area contributed by atoms with Crippen molar-refractivity contribution in [1.82, 2.24) is 4.90 Å². The van der Waals surface area contributed by atoms with E-state index in [2.05, 4.69) is 39.5 Å². The van der Waals surface area contributed by atoms with E-state index in [4.69, 9.17) is 18.9 Å². The predicted octanol–water partition coefficient (Wildman–Crippen LogP) is 4.76. The summed E-state index contributed by atoms with van der Waals surface area (Å²) in [5.74, 6) is 1.66. The summed E-state index contributed by atoms with van der Waals surface area (Å²) < 4.78 is 25.5. The van der Waals surface area contributed by atoms with Crippen molar-refractivity contribution in [2.75, 3.05) is 32.9 Å². The molecule has 0 aromatic rings. The van der Waals surface area contributed by atoms with Gasteiger partial charge in [0.1, 0.15) is 6.10 Å². The van der Waals surface area contributed by atoms with Gasteiger partial charge in [-0.1, -0.05) is 34.6 Å². The molecule has 0 radical (unpaired) electrons. The van der Waals surface area contributed by atoms with Crippen LogP contribution in [0.3, 0.4) is 0 Å². The SMILES string of the molecule is C[C@@H]1C[C@H]([C@H](O)C(C)(C)O)O[C@H]2C1[C@@]1(C)CC[C@@]34C[C@@]35CC[C@H](OC3CN(C6CCOC6)CCO3)C(C)(C)[C@@H]5CC[C@H]4[C@]1(C)[C@H]2O. The highest BCUT2D eigenvalue weighted by Gasteiger charge is 2.84. The van der Waals surface area contributed by atoms with Crippen LogP contribution in [0.25, 0.3) is 0 Å². The van der Waals surface area contributed by atoms with Crippen molar-refractivity contribution in [2.24, 2.45) is 50.7 Å². The van der Waals surface area contributed by atoms with Crippen molar-refractivity contribution in [2.45, 2.75) is 155 Å². The molecule has 5 saturated carbocycles. The van der Waals surface area contributed by atoms with E-state index in [9.17, 15) is 15.3 Å². The Morgan fingerprint density at radius 3 is 2.41 bits per heavy atom. The van der Waals surface area contributed by atoms with E-state index >= 15 is 0 Å². The molecule has 8 fully saturated rings. The lowest BCUT2D eigenvalue weighted by Gasteiger charge is -2.64. The van der Waals surface area contributed by atoms with Crippen molar-refractivity contribution < 1.29 is 34.3 Å². The molecule has 3 N–H and O–H groups in total. The Morgan fingerprint density at radius 1 is 0.957 bits per heavy atom. The van der Waals surface area contributed by atoms with Crippen molar-refractivity contribution in [1.29, 1.82) is 0 Å². The summed E-state index contributed by atoms with van der Waals surface area (Å²) in [5.41, 5.74) is -0.804. The second kappa shape index (κ2) is 10.6. The Bertz CT molecular complexity index is 1180. The van der Waals surface area contributed by atoms with Crippen LogP contribution in [-0.4, -0.2) is 102 Å². The van der Waals surface area contributed by atoms with Crippen LogP contribution in [0.2, 0.25) is 0 Å². The van der Waals surface area contributed by atoms with Gasteiger partial charge in [-0.2, -0.15) is 0 Å². The number of hydrogen-bond acceptors (Lipinski definition) is 8. The van der Waals surface area contributed by atoms with Gasteiger partial charge in [-0.15, -0.1) is 0 Å². The summed E-state index contributed by atoms with van der Waals surface area (Å²) in [6.07, 6.45) is 7.91. The van der Waals surface area contributed by atoms with Crippen LogP contribution in [0.1, 0.15) is 106 Å². The first kappa shape index (κ1) is 32.9. The lowest BCUT2D eigenvalue weighted by molar-refractivity contribution is -0.251. The number of nitrogens with zero attached hydrogens (tertiary/aromatic N) is 1. The summed E-state index contributed by atoms with van der Waals surface area (Å²) in [6, 6.07) is 0.498. The lowest BCUT2D eigenvalue weighted by atomic mass is 9.41. The third-order valence-electron chi connectivity index (χ3n) is 16.6. The zero-order valence-corrected chi connectivity index (χ0v) is 29.7. The molecule has 8 heteroatoms. The van der Waals surface area contributed by atoms with Gasteiger partial charge in [0, 0.05) is 31.2 Å². The molecule has 15 atom stereocenters. The van der Waals surface area contributed by atoms with Crippen LogP contribution in [-0.2, 0) is 18.9 Å². The Balaban J connectivity index is 1.02. The molecule has 8 nitrogen and oxygen atoms in total. The maximum Gasteiger partial charge on any atom is 0.170 e. The van der Waals surface area contributed by atoms with Gasteiger partial charge in [0.15, 0.2) is 6.29 Å². The monoisotopic (exact) mass is 645 g/mol. The van der Waals surface area contributed by atoms with Crippen LogP contribution in [0, 0.1) is 50.7 Å². The number of fused-ring (bicyclic) bond motifs is 4. The minimum Gasteiger partial charge on any atom is -0.390 e. The molecule has 3 heterocycles. The van der Waals surface area contributed by atoms with Crippen molar-refractivity contribution in [3.05, 3.63) is 0 Å². The Morgan fingerprint density at radius 2 is 1.70 bits per heavy atom.